The van der Waals surface area contributed by atoms with Crippen LogP contribution in [-0.2, 0) is 22.4 Å². The van der Waals surface area contributed by atoms with Crippen LogP contribution in [-0.4, -0.2) is 47.1 Å². The van der Waals surface area contributed by atoms with Gasteiger partial charge in [0, 0.05) is 18.6 Å². The van der Waals surface area contributed by atoms with Crippen molar-refractivity contribution in [3.05, 3.63) is 35.4 Å². The number of nitrogens with zero attached hydrogens (tertiary/aromatic N) is 1. The van der Waals surface area contributed by atoms with Gasteiger partial charge in [-0.3, -0.25) is 14.5 Å². The van der Waals surface area contributed by atoms with Crippen LogP contribution in [0.2, 0.25) is 0 Å². The van der Waals surface area contributed by atoms with Crippen LogP contribution in [0.5, 0.6) is 0 Å². The zero-order valence-electron chi connectivity index (χ0n) is 14.9. The summed E-state index contributed by atoms with van der Waals surface area (Å²) in [4.78, 5) is 25.4. The highest BCUT2D eigenvalue weighted by molar-refractivity contribution is 5.79. The van der Waals surface area contributed by atoms with E-state index in [1.807, 2.05) is 12.1 Å². The zero-order valence-corrected chi connectivity index (χ0v) is 14.9. The fourth-order valence-corrected chi connectivity index (χ4v) is 3.58. The second-order valence-electron chi connectivity index (χ2n) is 7.51. The largest absolute Gasteiger partial charge is 0.480 e. The molecule has 0 saturated heterocycles. The van der Waals surface area contributed by atoms with Crippen LogP contribution in [0.4, 0.5) is 0 Å². The Kier molecular flexibility index (Phi) is 5.74. The molecule has 0 unspecified atom stereocenters. The second-order valence-corrected chi connectivity index (χ2v) is 7.51. The molecule has 136 valence electrons. The highest BCUT2D eigenvalue weighted by atomic mass is 16.4. The van der Waals surface area contributed by atoms with Crippen molar-refractivity contribution in [3.8, 4) is 0 Å². The van der Waals surface area contributed by atoms with E-state index < -0.39 is 5.97 Å². The van der Waals surface area contributed by atoms with Gasteiger partial charge in [-0.1, -0.05) is 31.2 Å². The average molecular weight is 344 g/mol. The summed E-state index contributed by atoms with van der Waals surface area (Å²) in [6.45, 7) is 3.12. The maximum atomic E-state index is 12.2. The van der Waals surface area contributed by atoms with E-state index in [0.717, 1.165) is 31.4 Å². The van der Waals surface area contributed by atoms with E-state index >= 15 is 0 Å². The molecule has 1 aromatic rings. The van der Waals surface area contributed by atoms with Crippen LogP contribution in [0.25, 0.3) is 0 Å². The lowest BCUT2D eigenvalue weighted by atomic mass is 9.85. The van der Waals surface area contributed by atoms with Crippen LogP contribution in [0.3, 0.4) is 0 Å². The monoisotopic (exact) mass is 344 g/mol. The third-order valence-corrected chi connectivity index (χ3v) is 5.29. The normalized spacial score (nSPS) is 22.5. The third-order valence-electron chi connectivity index (χ3n) is 5.29. The highest BCUT2D eigenvalue weighted by Crippen LogP contribution is 2.33. The van der Waals surface area contributed by atoms with Crippen molar-refractivity contribution in [1.82, 2.24) is 10.2 Å². The van der Waals surface area contributed by atoms with Gasteiger partial charge in [0.05, 0.1) is 13.0 Å². The van der Waals surface area contributed by atoms with E-state index in [1.165, 1.54) is 18.4 Å². The molecule has 5 nitrogen and oxygen atoms in total. The number of nitrogens with one attached hydrogen (secondary N) is 1. The average Bonchev–Trinajstić information content (AvgIpc) is 3.33. The Balaban J connectivity index is 1.43. The van der Waals surface area contributed by atoms with Crippen molar-refractivity contribution < 1.29 is 14.7 Å². The molecule has 2 N–H and O–H groups in total. The standard InChI is InChI=1S/C20H28N2O3/c1-2-14-4-3-5-16(8-14)9-19(23)21-17-10-18(11-17)22(13-20(24)25)12-15-6-7-15/h3-5,8,15,17-18H,2,6-7,9-13H2,1H3,(H,21,23)(H,24,25). The van der Waals surface area contributed by atoms with Gasteiger partial charge in [0.1, 0.15) is 0 Å². The zero-order chi connectivity index (χ0) is 17.8. The number of amides is 1. The van der Waals surface area contributed by atoms with Gasteiger partial charge in [0.15, 0.2) is 0 Å². The molecule has 2 aliphatic rings. The van der Waals surface area contributed by atoms with E-state index in [0.29, 0.717) is 18.4 Å². The maximum Gasteiger partial charge on any atom is 0.317 e. The molecule has 5 heteroatoms. The van der Waals surface area contributed by atoms with Gasteiger partial charge in [-0.25, -0.2) is 0 Å². The molecule has 0 aromatic heterocycles. The molecule has 1 amide bonds. The molecule has 2 fully saturated rings. The molecule has 0 aliphatic heterocycles. The Morgan fingerprint density at radius 3 is 2.60 bits per heavy atom. The summed E-state index contributed by atoms with van der Waals surface area (Å²) in [5, 5.41) is 12.2. The van der Waals surface area contributed by atoms with Crippen molar-refractivity contribution in [2.45, 2.75) is 57.5 Å². The summed E-state index contributed by atoms with van der Waals surface area (Å²) in [6, 6.07) is 8.64. The Morgan fingerprint density at radius 2 is 1.96 bits per heavy atom. The first-order valence-corrected chi connectivity index (χ1v) is 9.36. The fraction of sp³-hybridized carbons (Fsp3) is 0.600. The van der Waals surface area contributed by atoms with Gasteiger partial charge in [-0.15, -0.1) is 0 Å². The molecule has 3 rings (SSSR count). The van der Waals surface area contributed by atoms with Gasteiger partial charge in [0.25, 0.3) is 0 Å². The van der Waals surface area contributed by atoms with Crippen molar-refractivity contribution >= 4 is 11.9 Å². The molecule has 0 heterocycles. The minimum atomic E-state index is -0.760. The van der Waals surface area contributed by atoms with Crippen LogP contribution in [0.15, 0.2) is 24.3 Å². The van der Waals surface area contributed by atoms with Crippen LogP contribution >= 0.6 is 0 Å². The number of aryl methyl sites for hydroxylation is 1. The van der Waals surface area contributed by atoms with E-state index in [1.54, 1.807) is 0 Å². The summed E-state index contributed by atoms with van der Waals surface area (Å²) >= 11 is 0. The Bertz CT molecular complexity index is 621. The number of benzene rings is 1. The lowest BCUT2D eigenvalue weighted by Gasteiger charge is -2.42. The summed E-state index contributed by atoms with van der Waals surface area (Å²) in [7, 11) is 0. The molecule has 2 saturated carbocycles. The number of carboxylic acids is 1. The predicted octanol–water partition coefficient (Wildman–Crippen LogP) is 2.24. The second kappa shape index (κ2) is 8.00. The van der Waals surface area contributed by atoms with Gasteiger partial charge in [0.2, 0.25) is 5.91 Å². The van der Waals surface area contributed by atoms with Gasteiger partial charge in [-0.05, 0) is 49.1 Å². The number of hydrogen-bond acceptors (Lipinski definition) is 3. The quantitative estimate of drug-likeness (QED) is 0.721. The number of aliphatic carboxylic acids is 1. The van der Waals surface area contributed by atoms with Gasteiger partial charge < -0.3 is 10.4 Å². The van der Waals surface area contributed by atoms with Crippen molar-refractivity contribution in [3.63, 3.8) is 0 Å². The summed E-state index contributed by atoms with van der Waals surface area (Å²) in [6.07, 6.45) is 5.55. The summed E-state index contributed by atoms with van der Waals surface area (Å²) in [5.74, 6) is -0.0218. The Labute approximate surface area is 149 Å². The van der Waals surface area contributed by atoms with Crippen LogP contribution in [0, 0.1) is 5.92 Å². The van der Waals surface area contributed by atoms with Crippen LogP contribution < -0.4 is 5.32 Å². The van der Waals surface area contributed by atoms with Crippen molar-refractivity contribution in [2.75, 3.05) is 13.1 Å². The molecular weight excluding hydrogens is 316 g/mol. The molecule has 2 aliphatic carbocycles. The molecule has 0 bridgehead atoms. The number of carboxylic acid groups (broad SMARTS) is 1. The van der Waals surface area contributed by atoms with Gasteiger partial charge in [-0.2, -0.15) is 0 Å². The molecule has 0 spiro atoms. The van der Waals surface area contributed by atoms with Gasteiger partial charge >= 0.3 is 5.97 Å². The molecule has 1 aromatic carbocycles. The highest BCUT2D eigenvalue weighted by Gasteiger charge is 2.37. The summed E-state index contributed by atoms with van der Waals surface area (Å²) < 4.78 is 0. The SMILES string of the molecule is CCc1cccc(CC(=O)NC2CC(N(CC(=O)O)CC3CC3)C2)c1. The lowest BCUT2D eigenvalue weighted by Crippen LogP contribution is -2.55. The van der Waals surface area contributed by atoms with Crippen LogP contribution in [0.1, 0.15) is 43.7 Å². The predicted molar refractivity (Wildman–Crippen MR) is 96.4 cm³/mol. The first-order valence-electron chi connectivity index (χ1n) is 9.36. The van der Waals surface area contributed by atoms with E-state index in [-0.39, 0.29) is 18.5 Å². The van der Waals surface area contributed by atoms with E-state index in [4.69, 9.17) is 5.11 Å². The Morgan fingerprint density at radius 1 is 1.24 bits per heavy atom. The van der Waals surface area contributed by atoms with E-state index in [2.05, 4.69) is 29.3 Å². The molecule has 25 heavy (non-hydrogen) atoms. The number of hydrogen-bond donors (Lipinski definition) is 2. The van der Waals surface area contributed by atoms with E-state index in [9.17, 15) is 9.59 Å². The number of carbonyl (C=O) groups excluding carboxylic acids is 1. The first-order chi connectivity index (χ1) is 12.0. The maximum absolute atomic E-state index is 12.2. The minimum Gasteiger partial charge on any atom is -0.480 e. The fourth-order valence-electron chi connectivity index (χ4n) is 3.58. The number of rotatable bonds is 9. The molecule has 0 atom stereocenters. The first kappa shape index (κ1) is 17.9. The van der Waals surface area contributed by atoms with Crippen molar-refractivity contribution in [1.29, 1.82) is 0 Å². The third kappa shape index (κ3) is 5.30. The summed E-state index contributed by atoms with van der Waals surface area (Å²) in [5.41, 5.74) is 2.30. The number of carbonyl (C=O) groups is 2. The Hall–Kier alpha value is -1.88. The molecule has 0 radical (unpaired) electrons. The smallest absolute Gasteiger partial charge is 0.317 e. The lowest BCUT2D eigenvalue weighted by molar-refractivity contribution is -0.140. The molecular formula is C20H28N2O3. The van der Waals surface area contributed by atoms with Crippen molar-refractivity contribution in [2.24, 2.45) is 5.92 Å². The topological polar surface area (TPSA) is 69.6 Å². The minimum absolute atomic E-state index is 0.0590.